The quantitative estimate of drug-likeness (QED) is 0.639. The maximum absolute atomic E-state index is 11.6. The van der Waals surface area contributed by atoms with E-state index in [0.717, 1.165) is 25.7 Å². The molecule has 0 aromatic heterocycles. The molecule has 2 atom stereocenters. The van der Waals surface area contributed by atoms with Gasteiger partial charge in [0, 0.05) is 12.0 Å². The van der Waals surface area contributed by atoms with Gasteiger partial charge in [0.25, 0.3) is 0 Å². The molecule has 0 radical (unpaired) electrons. The van der Waals surface area contributed by atoms with Crippen molar-refractivity contribution in [2.45, 2.75) is 82.9 Å². The molecule has 0 bridgehead atoms. The molecule has 1 aliphatic carbocycles. The second kappa shape index (κ2) is 5.95. The van der Waals surface area contributed by atoms with Crippen molar-refractivity contribution in [3.8, 4) is 0 Å². The fraction of sp³-hybridized carbons (Fsp3) is 0.824. The zero-order valence-electron chi connectivity index (χ0n) is 14.1. The van der Waals surface area contributed by atoms with Crippen LogP contribution in [0, 0.1) is 0 Å². The maximum Gasteiger partial charge on any atom is 0.333 e. The molecule has 0 amide bonds. The number of carbonyl (C=O) groups is 1. The Hall–Kier alpha value is -0.910. The van der Waals surface area contributed by atoms with Gasteiger partial charge < -0.3 is 19.3 Å². The van der Waals surface area contributed by atoms with Crippen molar-refractivity contribution in [2.75, 3.05) is 6.61 Å². The van der Waals surface area contributed by atoms with Crippen molar-refractivity contribution in [3.05, 3.63) is 12.2 Å². The largest absolute Gasteiger partial charge is 0.459 e. The van der Waals surface area contributed by atoms with Crippen LogP contribution in [0.1, 0.15) is 59.8 Å². The van der Waals surface area contributed by atoms with Crippen molar-refractivity contribution in [3.63, 3.8) is 0 Å². The Morgan fingerprint density at radius 2 is 1.82 bits per heavy atom. The number of ether oxygens (including phenoxy) is 3. The van der Waals surface area contributed by atoms with E-state index in [2.05, 4.69) is 13.5 Å². The first-order chi connectivity index (χ1) is 10.0. The van der Waals surface area contributed by atoms with Crippen LogP contribution in [0.4, 0.5) is 0 Å². The third-order valence-corrected chi connectivity index (χ3v) is 4.50. The molecule has 1 saturated heterocycles. The van der Waals surface area contributed by atoms with Gasteiger partial charge in [-0.15, -0.1) is 0 Å². The lowest BCUT2D eigenvalue weighted by molar-refractivity contribution is -0.171. The first-order valence-electron chi connectivity index (χ1n) is 7.96. The van der Waals surface area contributed by atoms with Crippen LogP contribution >= 0.6 is 0 Å². The maximum atomic E-state index is 11.6. The van der Waals surface area contributed by atoms with Crippen molar-refractivity contribution in [1.82, 2.24) is 0 Å². The molecular formula is C17H28O5. The average molecular weight is 312 g/mol. The molecule has 2 fully saturated rings. The lowest BCUT2D eigenvalue weighted by Gasteiger charge is -2.42. The van der Waals surface area contributed by atoms with Crippen LogP contribution in [-0.2, 0) is 19.0 Å². The van der Waals surface area contributed by atoms with Gasteiger partial charge in [-0.2, -0.15) is 0 Å². The molecule has 1 saturated carbocycles. The van der Waals surface area contributed by atoms with Crippen molar-refractivity contribution in [1.29, 1.82) is 0 Å². The van der Waals surface area contributed by atoms with Gasteiger partial charge in [0.15, 0.2) is 5.79 Å². The Bertz CT molecular complexity index is 448. The van der Waals surface area contributed by atoms with Gasteiger partial charge >= 0.3 is 5.97 Å². The van der Waals surface area contributed by atoms with E-state index < -0.39 is 11.4 Å². The number of esters is 1. The van der Waals surface area contributed by atoms with Gasteiger partial charge in [0.2, 0.25) is 0 Å². The van der Waals surface area contributed by atoms with Crippen LogP contribution in [0.2, 0.25) is 0 Å². The molecule has 2 aliphatic rings. The van der Waals surface area contributed by atoms with Crippen LogP contribution < -0.4 is 0 Å². The van der Waals surface area contributed by atoms with E-state index in [1.165, 1.54) is 0 Å². The Morgan fingerprint density at radius 3 is 2.27 bits per heavy atom. The average Bonchev–Trinajstić information content (AvgIpc) is 2.65. The van der Waals surface area contributed by atoms with E-state index in [0.29, 0.717) is 18.6 Å². The molecular weight excluding hydrogens is 284 g/mol. The minimum Gasteiger partial charge on any atom is -0.459 e. The highest BCUT2D eigenvalue weighted by Gasteiger charge is 2.48. The molecule has 5 heteroatoms. The number of hydrogen-bond donors (Lipinski definition) is 1. The summed E-state index contributed by atoms with van der Waals surface area (Å²) < 4.78 is 17.1. The summed E-state index contributed by atoms with van der Waals surface area (Å²) in [7, 11) is 0. The first-order valence-corrected chi connectivity index (χ1v) is 7.96. The lowest BCUT2D eigenvalue weighted by atomic mass is 9.83. The monoisotopic (exact) mass is 312 g/mol. The Morgan fingerprint density at radius 1 is 1.23 bits per heavy atom. The van der Waals surface area contributed by atoms with Gasteiger partial charge in [-0.1, -0.05) is 6.58 Å². The SMILES string of the molecule is C=C(C)C(=O)OC1CCC(C)(OC2(C)COC(C)(O)C2)CC1. The summed E-state index contributed by atoms with van der Waals surface area (Å²) in [5, 5.41) is 9.97. The van der Waals surface area contributed by atoms with Crippen molar-refractivity contribution >= 4 is 5.97 Å². The van der Waals surface area contributed by atoms with Crippen LogP contribution in [0.15, 0.2) is 12.2 Å². The summed E-state index contributed by atoms with van der Waals surface area (Å²) in [4.78, 5) is 11.6. The zero-order chi connectivity index (χ0) is 16.6. The molecule has 2 unspecified atom stereocenters. The minimum absolute atomic E-state index is 0.0587. The Labute approximate surface area is 132 Å². The second-order valence-electron chi connectivity index (χ2n) is 7.53. The van der Waals surface area contributed by atoms with Gasteiger partial charge in [-0.25, -0.2) is 4.79 Å². The second-order valence-corrected chi connectivity index (χ2v) is 7.53. The van der Waals surface area contributed by atoms with Crippen LogP contribution in [0.25, 0.3) is 0 Å². The van der Waals surface area contributed by atoms with Gasteiger partial charge in [-0.3, -0.25) is 0 Å². The summed E-state index contributed by atoms with van der Waals surface area (Å²) in [6.45, 7) is 11.4. The van der Waals surface area contributed by atoms with Gasteiger partial charge in [0.05, 0.1) is 17.8 Å². The molecule has 1 aliphatic heterocycles. The molecule has 0 aromatic carbocycles. The van der Waals surface area contributed by atoms with Crippen molar-refractivity contribution in [2.24, 2.45) is 0 Å². The Kier molecular flexibility index (Phi) is 4.71. The molecule has 0 spiro atoms. The predicted molar refractivity (Wildman–Crippen MR) is 82.2 cm³/mol. The van der Waals surface area contributed by atoms with Crippen molar-refractivity contribution < 1.29 is 24.1 Å². The molecule has 1 heterocycles. The number of rotatable bonds is 4. The molecule has 22 heavy (non-hydrogen) atoms. The predicted octanol–water partition coefficient (Wildman–Crippen LogP) is 2.71. The summed E-state index contributed by atoms with van der Waals surface area (Å²) >= 11 is 0. The van der Waals surface area contributed by atoms with E-state index in [-0.39, 0.29) is 17.7 Å². The molecule has 2 rings (SSSR count). The highest BCUT2D eigenvalue weighted by Crippen LogP contribution is 2.41. The Balaban J connectivity index is 1.87. The minimum atomic E-state index is -1.11. The first kappa shape index (κ1) is 17.4. The van der Waals surface area contributed by atoms with E-state index in [1.807, 2.05) is 6.92 Å². The molecule has 126 valence electrons. The van der Waals surface area contributed by atoms with Gasteiger partial charge in [0.1, 0.15) is 6.10 Å². The van der Waals surface area contributed by atoms with E-state index in [9.17, 15) is 9.90 Å². The molecule has 1 N–H and O–H groups in total. The van der Waals surface area contributed by atoms with E-state index in [1.54, 1.807) is 13.8 Å². The van der Waals surface area contributed by atoms with Gasteiger partial charge in [-0.05, 0) is 53.4 Å². The molecule has 5 nitrogen and oxygen atoms in total. The summed E-state index contributed by atoms with van der Waals surface area (Å²) in [6.07, 6.45) is 3.60. The topological polar surface area (TPSA) is 65.0 Å². The lowest BCUT2D eigenvalue weighted by Crippen LogP contribution is -2.45. The van der Waals surface area contributed by atoms with E-state index >= 15 is 0 Å². The number of hydrogen-bond acceptors (Lipinski definition) is 5. The zero-order valence-corrected chi connectivity index (χ0v) is 14.1. The van der Waals surface area contributed by atoms with E-state index in [4.69, 9.17) is 14.2 Å². The fourth-order valence-corrected chi connectivity index (χ4v) is 3.44. The van der Waals surface area contributed by atoms with Crippen LogP contribution in [0.5, 0.6) is 0 Å². The van der Waals surface area contributed by atoms with Crippen LogP contribution in [-0.4, -0.2) is 40.8 Å². The highest BCUT2D eigenvalue weighted by atomic mass is 16.7. The smallest absolute Gasteiger partial charge is 0.333 e. The summed E-state index contributed by atoms with van der Waals surface area (Å²) in [5.74, 6) is -1.43. The highest BCUT2D eigenvalue weighted by molar-refractivity contribution is 5.87. The number of aliphatic hydroxyl groups is 1. The van der Waals surface area contributed by atoms with Crippen LogP contribution in [0.3, 0.4) is 0 Å². The number of carbonyl (C=O) groups excluding carboxylic acids is 1. The third kappa shape index (κ3) is 4.31. The normalized spacial score (nSPS) is 42.1. The summed E-state index contributed by atoms with van der Waals surface area (Å²) in [6, 6.07) is 0. The standard InChI is InChI=1S/C17H28O5/c1-12(2)14(18)21-13-6-8-15(3,9-7-13)22-16(4)10-17(5,19)20-11-16/h13,19H,1,6-11H2,2-5H3. The summed E-state index contributed by atoms with van der Waals surface area (Å²) in [5.41, 5.74) is -0.313. The molecule has 0 aromatic rings. The third-order valence-electron chi connectivity index (χ3n) is 4.50. The fourth-order valence-electron chi connectivity index (χ4n) is 3.44.